The molecule has 0 saturated carbocycles. The van der Waals surface area contributed by atoms with Crippen LogP contribution in [0.3, 0.4) is 0 Å². The molecule has 0 aromatic heterocycles. The van der Waals surface area contributed by atoms with Crippen molar-refractivity contribution in [2.75, 3.05) is 13.2 Å². The van der Waals surface area contributed by atoms with E-state index in [1.54, 1.807) is 42.5 Å². The van der Waals surface area contributed by atoms with Crippen LogP contribution in [0.25, 0.3) is 10.4 Å². The molecule has 0 saturated heterocycles. The van der Waals surface area contributed by atoms with Crippen LogP contribution in [0.15, 0.2) is 101 Å². The number of aliphatic imine (C=N–C) groups is 1. The molecule has 4 aromatic carbocycles. The molecule has 0 spiro atoms. The molecular formula is C35H31Cl2N5O4. The van der Waals surface area contributed by atoms with Crippen LogP contribution in [0.5, 0.6) is 5.75 Å². The number of aliphatic hydroxyl groups is 1. The molecule has 1 aliphatic carbocycles. The Balaban J connectivity index is 1.45. The van der Waals surface area contributed by atoms with Crippen molar-refractivity contribution >= 4 is 40.7 Å². The minimum Gasteiger partial charge on any atom is -0.494 e. The number of halogens is 2. The van der Waals surface area contributed by atoms with Crippen molar-refractivity contribution in [2.45, 2.75) is 43.4 Å². The molecule has 1 aliphatic heterocycles. The van der Waals surface area contributed by atoms with Crippen LogP contribution in [-0.4, -0.2) is 41.7 Å². The van der Waals surface area contributed by atoms with E-state index in [0.717, 1.165) is 0 Å². The predicted octanol–water partition coefficient (Wildman–Crippen LogP) is 7.48. The number of aliphatic hydroxyl groups excluding tert-OH is 1. The lowest BCUT2D eigenvalue weighted by atomic mass is 9.81. The van der Waals surface area contributed by atoms with E-state index in [4.69, 9.17) is 42.8 Å². The van der Waals surface area contributed by atoms with Gasteiger partial charge in [-0.2, -0.15) is 0 Å². The summed E-state index contributed by atoms with van der Waals surface area (Å²) in [5.74, 6) is 0.543. The van der Waals surface area contributed by atoms with Crippen LogP contribution in [0.4, 0.5) is 5.69 Å². The van der Waals surface area contributed by atoms with E-state index in [2.05, 4.69) is 27.5 Å². The number of benzene rings is 4. The number of amides is 1. The van der Waals surface area contributed by atoms with Gasteiger partial charge in [-0.05, 0) is 71.5 Å². The van der Waals surface area contributed by atoms with E-state index in [1.165, 1.54) is 11.1 Å². The van der Waals surface area contributed by atoms with Gasteiger partial charge < -0.3 is 19.9 Å². The van der Waals surface area contributed by atoms with E-state index in [0.29, 0.717) is 64.0 Å². The van der Waals surface area contributed by atoms with Gasteiger partial charge in [0.15, 0.2) is 11.6 Å². The SMILES string of the molecule is [N-]=[N+]=Nc1ccccc1C[C@@]1(C(=O)NC2Cc3ccccc3C2)N=C(c2ccc(OCCCO)cc2)O[C@@H]1c1ccc(Cl)cc1Cl. The third-order valence-electron chi connectivity index (χ3n) is 8.27. The standard InChI is InChI=1S/C35H31Cl2N5O4/c36-26-12-15-29(30(37)20-26)32-35(21-25-8-3-4-9-31(25)41-42-38,34(44)39-27-18-23-6-1-2-7-24(23)19-27)40-33(46-32)22-10-13-28(14-11-22)45-17-5-16-43/h1-4,6-15,20,27,32,43H,5,16-19,21H2,(H,39,44)/t32-,35-/m1/s1. The van der Waals surface area contributed by atoms with Crippen LogP contribution in [0.1, 0.15) is 40.3 Å². The number of rotatable bonds is 11. The summed E-state index contributed by atoms with van der Waals surface area (Å²) < 4.78 is 12.3. The lowest BCUT2D eigenvalue weighted by Gasteiger charge is -2.32. The van der Waals surface area contributed by atoms with E-state index in [1.807, 2.05) is 36.4 Å². The topological polar surface area (TPSA) is 129 Å². The smallest absolute Gasteiger partial charge is 0.252 e. The quantitative estimate of drug-likeness (QED) is 0.0751. The molecule has 0 fully saturated rings. The van der Waals surface area contributed by atoms with Crippen molar-refractivity contribution in [1.29, 1.82) is 0 Å². The highest BCUT2D eigenvalue weighted by molar-refractivity contribution is 6.35. The van der Waals surface area contributed by atoms with Crippen LogP contribution in [-0.2, 0) is 28.8 Å². The molecule has 2 N–H and O–H groups in total. The third kappa shape index (κ3) is 6.55. The normalized spacial score (nSPS) is 18.7. The molecule has 1 heterocycles. The molecule has 11 heteroatoms. The lowest BCUT2D eigenvalue weighted by molar-refractivity contribution is -0.129. The highest BCUT2D eigenvalue weighted by Crippen LogP contribution is 2.46. The first-order valence-corrected chi connectivity index (χ1v) is 15.7. The highest BCUT2D eigenvalue weighted by Gasteiger charge is 2.54. The van der Waals surface area contributed by atoms with Crippen LogP contribution >= 0.6 is 23.2 Å². The first-order chi connectivity index (χ1) is 22.4. The Kier molecular flexibility index (Phi) is 9.47. The fourth-order valence-electron chi connectivity index (χ4n) is 6.04. The third-order valence-corrected chi connectivity index (χ3v) is 8.83. The lowest BCUT2D eigenvalue weighted by Crippen LogP contribution is -2.53. The van der Waals surface area contributed by atoms with Crippen molar-refractivity contribution in [1.82, 2.24) is 5.32 Å². The molecule has 0 unspecified atom stereocenters. The Morgan fingerprint density at radius 3 is 2.46 bits per heavy atom. The molecular weight excluding hydrogens is 625 g/mol. The van der Waals surface area contributed by atoms with Crippen LogP contribution in [0, 0.1) is 0 Å². The van der Waals surface area contributed by atoms with Crippen molar-refractivity contribution in [3.05, 3.63) is 139 Å². The second kappa shape index (κ2) is 13.8. The number of hydrogen-bond acceptors (Lipinski definition) is 6. The number of carbonyl (C=O) groups is 1. The van der Waals surface area contributed by atoms with Gasteiger partial charge in [-0.1, -0.05) is 82.9 Å². The molecule has 6 rings (SSSR count). The zero-order valence-electron chi connectivity index (χ0n) is 24.8. The van der Waals surface area contributed by atoms with Gasteiger partial charge in [-0.3, -0.25) is 4.79 Å². The summed E-state index contributed by atoms with van der Waals surface area (Å²) in [4.78, 5) is 22.9. The Morgan fingerprint density at radius 1 is 1.04 bits per heavy atom. The van der Waals surface area contributed by atoms with Gasteiger partial charge >= 0.3 is 0 Å². The zero-order chi connectivity index (χ0) is 32.1. The fourth-order valence-corrected chi connectivity index (χ4v) is 6.55. The maximum Gasteiger partial charge on any atom is 0.252 e. The Bertz CT molecular complexity index is 1800. The second-order valence-electron chi connectivity index (χ2n) is 11.3. The van der Waals surface area contributed by atoms with E-state index in [9.17, 15) is 10.3 Å². The zero-order valence-corrected chi connectivity index (χ0v) is 26.3. The number of azide groups is 1. The number of fused-ring (bicyclic) bond motifs is 1. The summed E-state index contributed by atoms with van der Waals surface area (Å²) in [6.45, 7) is 0.417. The predicted molar refractivity (Wildman–Crippen MR) is 178 cm³/mol. The van der Waals surface area contributed by atoms with E-state index in [-0.39, 0.29) is 30.9 Å². The van der Waals surface area contributed by atoms with Gasteiger partial charge in [0.25, 0.3) is 5.91 Å². The van der Waals surface area contributed by atoms with E-state index < -0.39 is 11.6 Å². The summed E-state index contributed by atoms with van der Waals surface area (Å²) in [7, 11) is 0. The number of nitrogens with zero attached hydrogens (tertiary/aromatic N) is 4. The fraction of sp³-hybridized carbons (Fsp3) is 0.257. The molecule has 2 atom stereocenters. The average molecular weight is 657 g/mol. The summed E-state index contributed by atoms with van der Waals surface area (Å²) in [6.07, 6.45) is 1.00. The summed E-state index contributed by atoms with van der Waals surface area (Å²) in [5.41, 5.74) is 12.3. The highest BCUT2D eigenvalue weighted by atomic mass is 35.5. The minimum absolute atomic E-state index is 0.0390. The Hall–Kier alpha value is -4.53. The molecule has 234 valence electrons. The van der Waals surface area contributed by atoms with Crippen molar-refractivity contribution in [2.24, 2.45) is 10.1 Å². The van der Waals surface area contributed by atoms with Gasteiger partial charge in [0.05, 0.1) is 6.61 Å². The molecule has 0 bridgehead atoms. The van der Waals surface area contributed by atoms with E-state index >= 15 is 0 Å². The maximum atomic E-state index is 14.8. The van der Waals surface area contributed by atoms with Crippen molar-refractivity contribution in [3.8, 4) is 5.75 Å². The van der Waals surface area contributed by atoms with Crippen molar-refractivity contribution < 1.29 is 19.4 Å². The van der Waals surface area contributed by atoms with Gasteiger partial charge in [0.2, 0.25) is 5.90 Å². The Morgan fingerprint density at radius 2 is 1.76 bits per heavy atom. The van der Waals surface area contributed by atoms with Gasteiger partial charge in [0, 0.05) is 57.3 Å². The van der Waals surface area contributed by atoms with Crippen LogP contribution in [0.2, 0.25) is 10.0 Å². The van der Waals surface area contributed by atoms with Crippen LogP contribution < -0.4 is 10.1 Å². The second-order valence-corrected chi connectivity index (χ2v) is 12.1. The minimum atomic E-state index is -1.54. The first kappa shape index (κ1) is 31.5. The molecule has 2 aliphatic rings. The number of carbonyl (C=O) groups excluding carboxylic acids is 1. The summed E-state index contributed by atoms with van der Waals surface area (Å²) >= 11 is 13.1. The van der Waals surface area contributed by atoms with Gasteiger partial charge in [0.1, 0.15) is 5.75 Å². The van der Waals surface area contributed by atoms with Crippen molar-refractivity contribution in [3.63, 3.8) is 0 Å². The molecule has 1 amide bonds. The summed E-state index contributed by atoms with van der Waals surface area (Å²) in [5, 5.41) is 17.0. The number of ether oxygens (including phenoxy) is 2. The maximum absolute atomic E-state index is 14.8. The molecule has 4 aromatic rings. The first-order valence-electron chi connectivity index (χ1n) is 15.0. The monoisotopic (exact) mass is 655 g/mol. The van der Waals surface area contributed by atoms with Gasteiger partial charge in [-0.15, -0.1) is 0 Å². The van der Waals surface area contributed by atoms with Gasteiger partial charge in [-0.25, -0.2) is 4.99 Å². The Labute approximate surface area is 276 Å². The molecule has 0 radical (unpaired) electrons. The molecule has 46 heavy (non-hydrogen) atoms. The number of hydrogen-bond donors (Lipinski definition) is 2. The largest absolute Gasteiger partial charge is 0.494 e. The molecule has 9 nitrogen and oxygen atoms in total. The average Bonchev–Trinajstić information content (AvgIpc) is 3.64. The summed E-state index contributed by atoms with van der Waals surface area (Å²) in [6, 6.07) is 27.4. The number of nitrogens with one attached hydrogen (secondary N) is 1.